The minimum atomic E-state index is -0.0267. The molecule has 3 nitrogen and oxygen atoms in total. The van der Waals surface area contributed by atoms with Gasteiger partial charge in [0.15, 0.2) is 0 Å². The fraction of sp³-hybridized carbons (Fsp3) is 0.217. The molecular formula is C23H25NO2. The Morgan fingerprint density at radius 2 is 1.50 bits per heavy atom. The predicted molar refractivity (Wildman–Crippen MR) is 105 cm³/mol. The van der Waals surface area contributed by atoms with Gasteiger partial charge < -0.3 is 15.5 Å². The number of hydrogen-bond donors (Lipinski definition) is 3. The highest BCUT2D eigenvalue weighted by atomic mass is 16.3. The molecule has 26 heavy (non-hydrogen) atoms. The van der Waals surface area contributed by atoms with E-state index < -0.39 is 0 Å². The zero-order valence-electron chi connectivity index (χ0n) is 14.8. The first-order valence-electron chi connectivity index (χ1n) is 9.00. The summed E-state index contributed by atoms with van der Waals surface area (Å²) in [5.41, 5.74) is 4.11. The van der Waals surface area contributed by atoms with Gasteiger partial charge in [-0.2, -0.15) is 0 Å². The van der Waals surface area contributed by atoms with Crippen LogP contribution in [0, 0.1) is 0 Å². The van der Waals surface area contributed by atoms with E-state index >= 15 is 0 Å². The standard InChI is InChI=1S/C23H25NO2/c25-17-19-11-12-23(26)22(15-19)21(20-9-5-2-6-10-20)13-14-24-16-18-7-3-1-4-8-18/h1-12,15,21,24-26H,13-14,16-17H2/t21-/m1/s1. The smallest absolute Gasteiger partial charge is 0.119 e. The van der Waals surface area contributed by atoms with E-state index in [1.807, 2.05) is 42.5 Å². The molecule has 0 aliphatic carbocycles. The number of aliphatic hydroxyl groups is 1. The van der Waals surface area contributed by atoms with Crippen LogP contribution in [0.25, 0.3) is 0 Å². The van der Waals surface area contributed by atoms with Crippen LogP contribution in [0.3, 0.4) is 0 Å². The molecule has 0 unspecified atom stereocenters. The summed E-state index contributed by atoms with van der Waals surface area (Å²) < 4.78 is 0. The van der Waals surface area contributed by atoms with Crippen LogP contribution in [0.5, 0.6) is 5.75 Å². The van der Waals surface area contributed by atoms with Crippen molar-refractivity contribution in [2.45, 2.75) is 25.5 Å². The van der Waals surface area contributed by atoms with Crippen molar-refractivity contribution in [3.63, 3.8) is 0 Å². The van der Waals surface area contributed by atoms with Gasteiger partial charge in [-0.15, -0.1) is 0 Å². The van der Waals surface area contributed by atoms with Crippen LogP contribution in [-0.2, 0) is 13.2 Å². The Balaban J connectivity index is 1.74. The summed E-state index contributed by atoms with van der Waals surface area (Å²) in [6.07, 6.45) is 0.860. The number of nitrogens with one attached hydrogen (secondary N) is 1. The van der Waals surface area contributed by atoms with Gasteiger partial charge in [-0.3, -0.25) is 0 Å². The quantitative estimate of drug-likeness (QED) is 0.535. The summed E-state index contributed by atoms with van der Waals surface area (Å²) in [5.74, 6) is 0.352. The highest BCUT2D eigenvalue weighted by Crippen LogP contribution is 2.34. The maximum atomic E-state index is 10.4. The Labute approximate surface area is 155 Å². The molecule has 0 amide bonds. The van der Waals surface area contributed by atoms with Crippen molar-refractivity contribution in [3.05, 3.63) is 101 Å². The summed E-state index contributed by atoms with van der Waals surface area (Å²) in [5, 5.41) is 23.3. The second kappa shape index (κ2) is 9.18. The van der Waals surface area contributed by atoms with Crippen LogP contribution in [-0.4, -0.2) is 16.8 Å². The van der Waals surface area contributed by atoms with Gasteiger partial charge in [0.05, 0.1) is 6.61 Å². The number of phenolic OH excluding ortho intramolecular Hbond substituents is 1. The molecule has 3 aromatic rings. The van der Waals surface area contributed by atoms with Crippen LogP contribution >= 0.6 is 0 Å². The zero-order valence-corrected chi connectivity index (χ0v) is 14.8. The number of hydrogen-bond acceptors (Lipinski definition) is 3. The predicted octanol–water partition coefficient (Wildman–Crippen LogP) is 4.20. The molecule has 3 N–H and O–H groups in total. The maximum Gasteiger partial charge on any atom is 0.119 e. The van der Waals surface area contributed by atoms with E-state index in [-0.39, 0.29) is 18.3 Å². The molecule has 0 fully saturated rings. The summed E-state index contributed by atoms with van der Waals surface area (Å²) >= 11 is 0. The lowest BCUT2D eigenvalue weighted by atomic mass is 9.87. The number of aliphatic hydroxyl groups excluding tert-OH is 1. The van der Waals surface area contributed by atoms with Crippen molar-refractivity contribution in [2.75, 3.05) is 6.54 Å². The average molecular weight is 347 g/mol. The van der Waals surface area contributed by atoms with Crippen LogP contribution < -0.4 is 5.32 Å². The van der Waals surface area contributed by atoms with Gasteiger partial charge in [0.2, 0.25) is 0 Å². The van der Waals surface area contributed by atoms with Gasteiger partial charge in [-0.05, 0) is 41.8 Å². The SMILES string of the molecule is OCc1ccc(O)c([C@H](CCNCc2ccccc2)c2ccccc2)c1. The summed E-state index contributed by atoms with van der Waals surface area (Å²) in [4.78, 5) is 0. The van der Waals surface area contributed by atoms with E-state index in [1.165, 1.54) is 11.1 Å². The summed E-state index contributed by atoms with van der Waals surface area (Å²) in [6, 6.07) is 25.9. The third-order valence-corrected chi connectivity index (χ3v) is 4.63. The van der Waals surface area contributed by atoms with Crippen LogP contribution in [0.4, 0.5) is 0 Å². The summed E-state index contributed by atoms with van der Waals surface area (Å²) in [6.45, 7) is 1.63. The highest BCUT2D eigenvalue weighted by Gasteiger charge is 2.18. The van der Waals surface area contributed by atoms with E-state index in [0.717, 1.165) is 30.6 Å². The number of phenols is 1. The Morgan fingerprint density at radius 1 is 0.808 bits per heavy atom. The molecule has 0 saturated carbocycles. The van der Waals surface area contributed by atoms with Crippen molar-refractivity contribution >= 4 is 0 Å². The van der Waals surface area contributed by atoms with E-state index in [4.69, 9.17) is 0 Å². The Hall–Kier alpha value is -2.62. The summed E-state index contributed by atoms with van der Waals surface area (Å²) in [7, 11) is 0. The Morgan fingerprint density at radius 3 is 2.19 bits per heavy atom. The van der Waals surface area contributed by atoms with Gasteiger partial charge in [0.25, 0.3) is 0 Å². The monoisotopic (exact) mass is 347 g/mol. The van der Waals surface area contributed by atoms with Gasteiger partial charge in [-0.25, -0.2) is 0 Å². The molecule has 3 aromatic carbocycles. The molecule has 0 saturated heterocycles. The molecule has 3 heteroatoms. The molecule has 0 aliphatic rings. The normalized spacial score (nSPS) is 12.0. The molecule has 134 valence electrons. The molecule has 0 bridgehead atoms. The van der Waals surface area contributed by atoms with Gasteiger partial charge in [-0.1, -0.05) is 66.7 Å². The second-order valence-corrected chi connectivity index (χ2v) is 6.47. The van der Waals surface area contributed by atoms with Crippen molar-refractivity contribution in [1.29, 1.82) is 0 Å². The van der Waals surface area contributed by atoms with Crippen molar-refractivity contribution in [1.82, 2.24) is 5.32 Å². The molecule has 0 aliphatic heterocycles. The zero-order chi connectivity index (χ0) is 18.2. The first kappa shape index (κ1) is 18.2. The minimum absolute atomic E-state index is 0.0267. The van der Waals surface area contributed by atoms with Crippen molar-refractivity contribution in [2.24, 2.45) is 0 Å². The Bertz CT molecular complexity index is 803. The fourth-order valence-electron chi connectivity index (χ4n) is 3.24. The van der Waals surface area contributed by atoms with Crippen LogP contribution in [0.1, 0.15) is 34.6 Å². The average Bonchev–Trinajstić information content (AvgIpc) is 2.70. The lowest BCUT2D eigenvalue weighted by molar-refractivity contribution is 0.281. The van der Waals surface area contributed by atoms with E-state index in [0.29, 0.717) is 0 Å². The number of benzene rings is 3. The van der Waals surface area contributed by atoms with E-state index in [1.54, 1.807) is 12.1 Å². The Kier molecular flexibility index (Phi) is 6.42. The highest BCUT2D eigenvalue weighted by molar-refractivity contribution is 5.43. The molecule has 0 aromatic heterocycles. The van der Waals surface area contributed by atoms with Crippen LogP contribution in [0.15, 0.2) is 78.9 Å². The molecule has 0 spiro atoms. The number of rotatable bonds is 8. The number of aromatic hydroxyl groups is 1. The lowest BCUT2D eigenvalue weighted by Crippen LogP contribution is -2.18. The van der Waals surface area contributed by atoms with E-state index in [2.05, 4.69) is 29.6 Å². The van der Waals surface area contributed by atoms with Crippen molar-refractivity contribution < 1.29 is 10.2 Å². The fourth-order valence-corrected chi connectivity index (χ4v) is 3.24. The van der Waals surface area contributed by atoms with Gasteiger partial charge >= 0.3 is 0 Å². The largest absolute Gasteiger partial charge is 0.508 e. The van der Waals surface area contributed by atoms with Crippen LogP contribution in [0.2, 0.25) is 0 Å². The maximum absolute atomic E-state index is 10.4. The minimum Gasteiger partial charge on any atom is -0.508 e. The molecule has 3 rings (SSSR count). The lowest BCUT2D eigenvalue weighted by Gasteiger charge is -2.20. The topological polar surface area (TPSA) is 52.5 Å². The molecule has 0 heterocycles. The van der Waals surface area contributed by atoms with Crippen molar-refractivity contribution in [3.8, 4) is 5.75 Å². The first-order valence-corrected chi connectivity index (χ1v) is 9.00. The second-order valence-electron chi connectivity index (χ2n) is 6.47. The molecule has 0 radical (unpaired) electrons. The van der Waals surface area contributed by atoms with E-state index in [9.17, 15) is 10.2 Å². The van der Waals surface area contributed by atoms with Gasteiger partial charge in [0.1, 0.15) is 5.75 Å². The third-order valence-electron chi connectivity index (χ3n) is 4.63. The molecular weight excluding hydrogens is 322 g/mol. The van der Waals surface area contributed by atoms with Gasteiger partial charge in [0, 0.05) is 18.0 Å². The first-order chi connectivity index (χ1) is 12.8. The molecule has 1 atom stereocenters. The third kappa shape index (κ3) is 4.72.